The van der Waals surface area contributed by atoms with Crippen LogP contribution in [0.4, 0.5) is 4.39 Å². The third kappa shape index (κ3) is 4.43. The molecule has 1 amide bonds. The van der Waals surface area contributed by atoms with Crippen LogP contribution in [0.15, 0.2) is 52.3 Å². The number of thioether (sulfide) groups is 2. The first kappa shape index (κ1) is 16.7. The van der Waals surface area contributed by atoms with Crippen LogP contribution in [-0.2, 0) is 4.79 Å². The number of halogens is 2. The second kappa shape index (κ2) is 7.60. The molecule has 0 bridgehead atoms. The minimum Gasteiger partial charge on any atom is -0.349 e. The smallest absolute Gasteiger partial charge is 0.230 e. The topological polar surface area (TPSA) is 29.1 Å². The highest BCUT2D eigenvalue weighted by Crippen LogP contribution is 2.37. The molecule has 0 aliphatic carbocycles. The highest BCUT2D eigenvalue weighted by atomic mass is 35.5. The zero-order valence-corrected chi connectivity index (χ0v) is 14.6. The van der Waals surface area contributed by atoms with Crippen LogP contribution in [0.5, 0.6) is 0 Å². The van der Waals surface area contributed by atoms with Gasteiger partial charge in [-0.25, -0.2) is 4.39 Å². The molecular weight excluding hydrogens is 353 g/mol. The van der Waals surface area contributed by atoms with Gasteiger partial charge in [-0.1, -0.05) is 11.6 Å². The van der Waals surface area contributed by atoms with E-state index in [1.165, 1.54) is 28.8 Å². The van der Waals surface area contributed by atoms with Crippen molar-refractivity contribution in [3.8, 4) is 0 Å². The van der Waals surface area contributed by atoms with Crippen molar-refractivity contribution in [1.29, 1.82) is 0 Å². The zero-order valence-electron chi connectivity index (χ0n) is 12.2. The fourth-order valence-corrected chi connectivity index (χ4v) is 4.43. The van der Waals surface area contributed by atoms with Gasteiger partial charge in [0.05, 0.1) is 11.8 Å². The van der Waals surface area contributed by atoms with E-state index in [2.05, 4.69) is 5.32 Å². The number of hydrogen-bond acceptors (Lipinski definition) is 3. The first-order chi connectivity index (χ1) is 11.1. The van der Waals surface area contributed by atoms with E-state index in [0.717, 1.165) is 22.6 Å². The van der Waals surface area contributed by atoms with E-state index in [1.807, 2.05) is 18.2 Å². The fraction of sp³-hybridized carbons (Fsp3) is 0.235. The van der Waals surface area contributed by atoms with Crippen molar-refractivity contribution in [2.24, 2.45) is 0 Å². The van der Waals surface area contributed by atoms with Crippen LogP contribution in [0.25, 0.3) is 0 Å². The number of carbonyl (C=O) groups is 1. The minimum atomic E-state index is -0.271. The lowest BCUT2D eigenvalue weighted by Crippen LogP contribution is -2.31. The van der Waals surface area contributed by atoms with Gasteiger partial charge in [-0.2, -0.15) is 0 Å². The number of fused-ring (bicyclic) bond motifs is 1. The Morgan fingerprint density at radius 1 is 1.30 bits per heavy atom. The maximum absolute atomic E-state index is 12.9. The average Bonchev–Trinajstić information content (AvgIpc) is 2.55. The predicted octanol–water partition coefficient (Wildman–Crippen LogP) is 4.92. The lowest BCUT2D eigenvalue weighted by atomic mass is 10.0. The molecule has 2 aromatic carbocycles. The molecule has 1 aliphatic rings. The maximum Gasteiger partial charge on any atom is 0.230 e. The Kier molecular flexibility index (Phi) is 5.51. The van der Waals surface area contributed by atoms with Crippen molar-refractivity contribution in [3.63, 3.8) is 0 Å². The molecule has 6 heteroatoms. The van der Waals surface area contributed by atoms with E-state index in [1.54, 1.807) is 23.9 Å². The van der Waals surface area contributed by atoms with E-state index in [0.29, 0.717) is 10.8 Å². The Balaban J connectivity index is 1.60. The van der Waals surface area contributed by atoms with Gasteiger partial charge < -0.3 is 5.32 Å². The Bertz CT molecular complexity index is 708. The summed E-state index contributed by atoms with van der Waals surface area (Å²) in [5, 5.41) is 3.76. The average molecular weight is 368 g/mol. The number of nitrogens with one attached hydrogen (secondary N) is 1. The van der Waals surface area contributed by atoms with Gasteiger partial charge in [0.2, 0.25) is 5.91 Å². The summed E-state index contributed by atoms with van der Waals surface area (Å²) in [5.41, 5.74) is 1.09. The summed E-state index contributed by atoms with van der Waals surface area (Å²) < 4.78 is 12.9. The first-order valence-corrected chi connectivity index (χ1v) is 9.57. The SMILES string of the molecule is O=C(CSc1ccc(F)cc1)N[C@@H]1CCSc2ccc(Cl)cc21. The van der Waals surface area contributed by atoms with Crippen molar-refractivity contribution < 1.29 is 9.18 Å². The van der Waals surface area contributed by atoms with Crippen molar-refractivity contribution >= 4 is 41.0 Å². The first-order valence-electron chi connectivity index (χ1n) is 7.22. The number of carbonyl (C=O) groups excluding carboxylic acids is 1. The van der Waals surface area contributed by atoms with Crippen LogP contribution in [-0.4, -0.2) is 17.4 Å². The molecular formula is C17H15ClFNOS2. The van der Waals surface area contributed by atoms with Crippen molar-refractivity contribution in [1.82, 2.24) is 5.32 Å². The number of amides is 1. The van der Waals surface area contributed by atoms with Crippen molar-refractivity contribution in [2.45, 2.75) is 22.3 Å². The Morgan fingerprint density at radius 3 is 2.87 bits per heavy atom. The van der Waals surface area contributed by atoms with Crippen LogP contribution in [0, 0.1) is 5.82 Å². The van der Waals surface area contributed by atoms with Crippen molar-refractivity contribution in [3.05, 3.63) is 58.9 Å². The van der Waals surface area contributed by atoms with Crippen LogP contribution in [0.2, 0.25) is 5.02 Å². The molecule has 0 radical (unpaired) electrons. The molecule has 1 aliphatic heterocycles. The number of benzene rings is 2. The summed E-state index contributed by atoms with van der Waals surface area (Å²) in [7, 11) is 0. The molecule has 120 valence electrons. The molecule has 2 nitrogen and oxygen atoms in total. The third-order valence-electron chi connectivity index (χ3n) is 3.53. The van der Waals surface area contributed by atoms with Gasteiger partial charge in [0, 0.05) is 20.6 Å². The Hall–Kier alpha value is -1.17. The summed E-state index contributed by atoms with van der Waals surface area (Å²) in [6.45, 7) is 0. The van der Waals surface area contributed by atoms with Gasteiger partial charge in [0.25, 0.3) is 0 Å². The second-order valence-corrected chi connectivity index (χ2v) is 7.80. The van der Waals surface area contributed by atoms with Gasteiger partial charge in [-0.15, -0.1) is 23.5 Å². The van der Waals surface area contributed by atoms with Gasteiger partial charge >= 0.3 is 0 Å². The summed E-state index contributed by atoms with van der Waals surface area (Å²) in [5.74, 6) is 0.990. The second-order valence-electron chi connectivity index (χ2n) is 5.18. The molecule has 1 N–H and O–H groups in total. The number of hydrogen-bond donors (Lipinski definition) is 1. The molecule has 0 spiro atoms. The molecule has 0 fully saturated rings. The minimum absolute atomic E-state index is 0.00580. The summed E-state index contributed by atoms with van der Waals surface area (Å²) in [6.07, 6.45) is 0.894. The molecule has 2 aromatic rings. The molecule has 0 unspecified atom stereocenters. The van der Waals surface area contributed by atoms with Gasteiger partial charge in [-0.3, -0.25) is 4.79 Å². The lowest BCUT2D eigenvalue weighted by molar-refractivity contribution is -0.119. The van der Waals surface area contributed by atoms with Crippen LogP contribution in [0.1, 0.15) is 18.0 Å². The summed E-state index contributed by atoms with van der Waals surface area (Å²) in [4.78, 5) is 14.3. The summed E-state index contributed by atoms with van der Waals surface area (Å²) in [6, 6.07) is 12.0. The maximum atomic E-state index is 12.9. The Morgan fingerprint density at radius 2 is 2.09 bits per heavy atom. The van der Waals surface area contributed by atoms with Gasteiger partial charge in [0.15, 0.2) is 0 Å². The van der Waals surface area contributed by atoms with Crippen LogP contribution < -0.4 is 5.32 Å². The fourth-order valence-electron chi connectivity index (χ4n) is 2.43. The predicted molar refractivity (Wildman–Crippen MR) is 94.8 cm³/mol. The van der Waals surface area contributed by atoms with Crippen molar-refractivity contribution in [2.75, 3.05) is 11.5 Å². The van der Waals surface area contributed by atoms with E-state index in [9.17, 15) is 9.18 Å². The molecule has 23 heavy (non-hydrogen) atoms. The van der Waals surface area contributed by atoms with E-state index >= 15 is 0 Å². The highest BCUT2D eigenvalue weighted by molar-refractivity contribution is 8.00. The molecule has 1 heterocycles. The molecule has 0 saturated heterocycles. The van der Waals surface area contributed by atoms with E-state index in [-0.39, 0.29) is 17.8 Å². The van der Waals surface area contributed by atoms with Gasteiger partial charge in [-0.05, 0) is 54.4 Å². The monoisotopic (exact) mass is 367 g/mol. The molecule has 0 aromatic heterocycles. The zero-order chi connectivity index (χ0) is 16.2. The normalized spacial score (nSPS) is 16.7. The van der Waals surface area contributed by atoms with E-state index < -0.39 is 0 Å². The van der Waals surface area contributed by atoms with Crippen LogP contribution in [0.3, 0.4) is 0 Å². The van der Waals surface area contributed by atoms with Crippen LogP contribution >= 0.6 is 35.1 Å². The standard InChI is InChI=1S/C17H15ClFNOS2/c18-11-1-6-16-14(9-11)15(7-8-22-16)20-17(21)10-23-13-4-2-12(19)3-5-13/h1-6,9,15H,7-8,10H2,(H,20,21)/t15-/m1/s1. The number of rotatable bonds is 4. The molecule has 1 atom stereocenters. The Labute approximate surface area is 148 Å². The lowest BCUT2D eigenvalue weighted by Gasteiger charge is -2.26. The quantitative estimate of drug-likeness (QED) is 0.777. The third-order valence-corrected chi connectivity index (χ3v) is 5.90. The highest BCUT2D eigenvalue weighted by Gasteiger charge is 2.22. The molecule has 0 saturated carbocycles. The van der Waals surface area contributed by atoms with Gasteiger partial charge in [0.1, 0.15) is 5.82 Å². The molecule has 3 rings (SSSR count). The van der Waals surface area contributed by atoms with E-state index in [4.69, 9.17) is 11.6 Å². The summed E-state index contributed by atoms with van der Waals surface area (Å²) >= 11 is 9.27. The largest absolute Gasteiger partial charge is 0.349 e.